The largest absolute Gasteiger partial charge is 0.365 e. The van der Waals surface area contributed by atoms with Crippen LogP contribution >= 0.6 is 15.9 Å². The molecule has 1 aliphatic heterocycles. The fourth-order valence-corrected chi connectivity index (χ4v) is 3.43. The van der Waals surface area contributed by atoms with Crippen LogP contribution in [0.25, 0.3) is 0 Å². The van der Waals surface area contributed by atoms with E-state index in [-0.39, 0.29) is 11.9 Å². The Balaban J connectivity index is 1.45. The van der Waals surface area contributed by atoms with Crippen LogP contribution in [0.1, 0.15) is 37.4 Å². The summed E-state index contributed by atoms with van der Waals surface area (Å²) in [4.78, 5) is 15.2. The summed E-state index contributed by atoms with van der Waals surface area (Å²) in [6.45, 7) is 1.54. The van der Waals surface area contributed by atoms with E-state index in [1.54, 1.807) is 6.20 Å². The third-order valence-corrected chi connectivity index (χ3v) is 4.91. The standard InChI is InChI=1S/C17H19BrFN5/c18-12-8-14(19)17(21-9-12)24-7-1-2-13(10-24)22-15-5-6-20-16(23-15)11-3-4-11/h5-6,8-9,11,13H,1-4,7,10H2,(H,20,22,23). The molecule has 4 rings (SSSR count). The Morgan fingerprint density at radius 2 is 2.12 bits per heavy atom. The van der Waals surface area contributed by atoms with Gasteiger partial charge in [-0.2, -0.15) is 0 Å². The van der Waals surface area contributed by atoms with E-state index in [2.05, 4.69) is 36.2 Å². The quantitative estimate of drug-likeness (QED) is 0.860. The second-order valence-electron chi connectivity index (χ2n) is 6.46. The molecule has 0 spiro atoms. The fraction of sp³-hybridized carbons (Fsp3) is 0.471. The molecule has 2 aliphatic rings. The zero-order valence-corrected chi connectivity index (χ0v) is 14.8. The summed E-state index contributed by atoms with van der Waals surface area (Å²) >= 11 is 3.25. The number of hydrogen-bond donors (Lipinski definition) is 1. The number of pyridine rings is 1. The predicted molar refractivity (Wildman–Crippen MR) is 94.8 cm³/mol. The fourth-order valence-electron chi connectivity index (χ4n) is 3.13. The zero-order chi connectivity index (χ0) is 16.5. The van der Waals surface area contributed by atoms with Gasteiger partial charge >= 0.3 is 0 Å². The van der Waals surface area contributed by atoms with Crippen molar-refractivity contribution in [3.8, 4) is 0 Å². The average Bonchev–Trinajstić information content (AvgIpc) is 3.40. The van der Waals surface area contributed by atoms with E-state index < -0.39 is 0 Å². The maximum Gasteiger partial charge on any atom is 0.166 e. The van der Waals surface area contributed by atoms with Crippen molar-refractivity contribution in [3.05, 3.63) is 40.6 Å². The van der Waals surface area contributed by atoms with Crippen LogP contribution in [0.3, 0.4) is 0 Å². The first-order chi connectivity index (χ1) is 11.7. The van der Waals surface area contributed by atoms with Gasteiger partial charge in [-0.05, 0) is 53.7 Å². The van der Waals surface area contributed by atoms with Gasteiger partial charge < -0.3 is 10.2 Å². The molecular weight excluding hydrogens is 373 g/mol. The molecule has 126 valence electrons. The topological polar surface area (TPSA) is 53.9 Å². The molecule has 3 heterocycles. The molecule has 1 saturated carbocycles. The first-order valence-corrected chi connectivity index (χ1v) is 9.14. The van der Waals surface area contributed by atoms with Crippen LogP contribution < -0.4 is 10.2 Å². The molecule has 0 aromatic carbocycles. The lowest BCUT2D eigenvalue weighted by Gasteiger charge is -2.34. The molecule has 1 saturated heterocycles. The molecule has 7 heteroatoms. The maximum absolute atomic E-state index is 14.2. The second kappa shape index (κ2) is 6.63. The molecule has 1 N–H and O–H groups in total. The van der Waals surface area contributed by atoms with Crippen LogP contribution in [0.15, 0.2) is 29.0 Å². The summed E-state index contributed by atoms with van der Waals surface area (Å²) in [5, 5.41) is 3.48. The monoisotopic (exact) mass is 391 g/mol. The van der Waals surface area contributed by atoms with E-state index in [1.807, 2.05) is 17.2 Å². The van der Waals surface area contributed by atoms with Crippen molar-refractivity contribution in [3.63, 3.8) is 0 Å². The lowest BCUT2D eigenvalue weighted by atomic mass is 10.1. The molecule has 5 nitrogen and oxygen atoms in total. The molecule has 0 bridgehead atoms. The summed E-state index contributed by atoms with van der Waals surface area (Å²) in [7, 11) is 0. The van der Waals surface area contributed by atoms with Gasteiger partial charge in [0.15, 0.2) is 11.6 Å². The van der Waals surface area contributed by atoms with E-state index >= 15 is 0 Å². The Morgan fingerprint density at radius 1 is 1.25 bits per heavy atom. The minimum absolute atomic E-state index is 0.227. The molecular formula is C17H19BrFN5. The Morgan fingerprint density at radius 3 is 2.92 bits per heavy atom. The third kappa shape index (κ3) is 3.50. The van der Waals surface area contributed by atoms with Gasteiger partial charge in [-0.3, -0.25) is 0 Å². The molecule has 2 aromatic heterocycles. The molecule has 1 aliphatic carbocycles. The number of anilines is 2. The van der Waals surface area contributed by atoms with Gasteiger partial charge in [0.1, 0.15) is 11.6 Å². The third-order valence-electron chi connectivity index (χ3n) is 4.48. The number of halogens is 2. The summed E-state index contributed by atoms with van der Waals surface area (Å²) in [6, 6.07) is 3.60. The number of piperidine rings is 1. The second-order valence-corrected chi connectivity index (χ2v) is 7.38. The van der Waals surface area contributed by atoms with Crippen molar-refractivity contribution in [1.29, 1.82) is 0 Å². The predicted octanol–water partition coefficient (Wildman–Crippen LogP) is 3.73. The zero-order valence-electron chi connectivity index (χ0n) is 13.3. The van der Waals surface area contributed by atoms with Gasteiger partial charge in [0.2, 0.25) is 0 Å². The van der Waals surface area contributed by atoms with Crippen LogP contribution in [0, 0.1) is 5.82 Å². The van der Waals surface area contributed by atoms with Gasteiger partial charge in [-0.25, -0.2) is 19.3 Å². The van der Waals surface area contributed by atoms with Crippen LogP contribution in [-0.4, -0.2) is 34.1 Å². The summed E-state index contributed by atoms with van der Waals surface area (Å²) in [5.41, 5.74) is 0. The van der Waals surface area contributed by atoms with E-state index in [4.69, 9.17) is 0 Å². The molecule has 2 fully saturated rings. The first kappa shape index (κ1) is 15.7. The van der Waals surface area contributed by atoms with Crippen LogP contribution in [0.5, 0.6) is 0 Å². The van der Waals surface area contributed by atoms with Crippen molar-refractivity contribution in [1.82, 2.24) is 15.0 Å². The van der Waals surface area contributed by atoms with Gasteiger partial charge in [0.05, 0.1) is 0 Å². The van der Waals surface area contributed by atoms with Crippen LogP contribution in [0.2, 0.25) is 0 Å². The van der Waals surface area contributed by atoms with Gasteiger partial charge in [0.25, 0.3) is 0 Å². The number of nitrogens with zero attached hydrogens (tertiary/aromatic N) is 4. The van der Waals surface area contributed by atoms with Crippen molar-refractivity contribution < 1.29 is 4.39 Å². The molecule has 2 aromatic rings. The minimum atomic E-state index is -0.289. The molecule has 24 heavy (non-hydrogen) atoms. The van der Waals surface area contributed by atoms with Gasteiger partial charge in [-0.15, -0.1) is 0 Å². The smallest absolute Gasteiger partial charge is 0.166 e. The molecule has 0 amide bonds. The lowest BCUT2D eigenvalue weighted by Crippen LogP contribution is -2.43. The Kier molecular flexibility index (Phi) is 4.35. The number of rotatable bonds is 4. The van der Waals surface area contributed by atoms with Crippen LogP contribution in [-0.2, 0) is 0 Å². The van der Waals surface area contributed by atoms with Crippen LogP contribution in [0.4, 0.5) is 16.0 Å². The number of hydrogen-bond acceptors (Lipinski definition) is 5. The van der Waals surface area contributed by atoms with Gasteiger partial charge in [0, 0.05) is 41.9 Å². The van der Waals surface area contributed by atoms with Gasteiger partial charge in [-0.1, -0.05) is 0 Å². The lowest BCUT2D eigenvalue weighted by molar-refractivity contribution is 0.512. The van der Waals surface area contributed by atoms with E-state index in [0.29, 0.717) is 22.8 Å². The van der Waals surface area contributed by atoms with E-state index in [1.165, 1.54) is 18.9 Å². The molecule has 0 radical (unpaired) electrons. The highest BCUT2D eigenvalue weighted by Crippen LogP contribution is 2.38. The Labute approximate surface area is 148 Å². The molecule has 1 unspecified atom stereocenters. The number of aromatic nitrogens is 3. The number of nitrogens with one attached hydrogen (secondary N) is 1. The minimum Gasteiger partial charge on any atom is -0.365 e. The molecule has 1 atom stereocenters. The Bertz CT molecular complexity index is 737. The van der Waals surface area contributed by atoms with Crippen molar-refractivity contribution in [2.45, 2.75) is 37.6 Å². The van der Waals surface area contributed by atoms with Crippen molar-refractivity contribution >= 4 is 27.6 Å². The van der Waals surface area contributed by atoms with E-state index in [9.17, 15) is 4.39 Å². The average molecular weight is 392 g/mol. The first-order valence-electron chi connectivity index (χ1n) is 8.34. The summed E-state index contributed by atoms with van der Waals surface area (Å²) in [5.74, 6) is 2.47. The highest BCUT2D eigenvalue weighted by molar-refractivity contribution is 9.10. The van der Waals surface area contributed by atoms with E-state index in [0.717, 1.165) is 31.0 Å². The maximum atomic E-state index is 14.2. The SMILES string of the molecule is Fc1cc(Br)cnc1N1CCCC(Nc2ccnc(C3CC3)n2)C1. The highest BCUT2D eigenvalue weighted by Gasteiger charge is 2.27. The van der Waals surface area contributed by atoms with Crippen molar-refractivity contribution in [2.75, 3.05) is 23.3 Å². The normalized spacial score (nSPS) is 20.9. The highest BCUT2D eigenvalue weighted by atomic mass is 79.9. The van der Waals surface area contributed by atoms with Crippen molar-refractivity contribution in [2.24, 2.45) is 0 Å². The summed E-state index contributed by atoms with van der Waals surface area (Å²) < 4.78 is 14.8. The Hall–Kier alpha value is -1.76. The summed E-state index contributed by atoms with van der Waals surface area (Å²) in [6.07, 6.45) is 7.87.